The van der Waals surface area contributed by atoms with Gasteiger partial charge in [-0.3, -0.25) is 9.05 Å². The van der Waals surface area contributed by atoms with Gasteiger partial charge < -0.3 is 19.3 Å². The Bertz CT molecular complexity index is 467. The van der Waals surface area contributed by atoms with E-state index >= 15 is 0 Å². The summed E-state index contributed by atoms with van der Waals surface area (Å²) in [5.41, 5.74) is 0. The first-order valence-electron chi connectivity index (χ1n) is 13.8. The van der Waals surface area contributed by atoms with Crippen LogP contribution in [0, 0.1) is 0 Å². The summed E-state index contributed by atoms with van der Waals surface area (Å²) in [5, 5.41) is 0. The van der Waals surface area contributed by atoms with Crippen molar-refractivity contribution in [3.05, 3.63) is 0 Å². The Kier molecular flexibility index (Phi) is 24.7. The Labute approximate surface area is 210 Å². The van der Waals surface area contributed by atoms with E-state index in [0.717, 1.165) is 6.42 Å². The molecule has 0 saturated carbocycles. The molecule has 0 aromatic heterocycles. The van der Waals surface area contributed by atoms with Gasteiger partial charge >= 0.3 is 7.82 Å². The van der Waals surface area contributed by atoms with E-state index < -0.39 is 7.82 Å². The van der Waals surface area contributed by atoms with Gasteiger partial charge in [-0.05, 0) is 20.5 Å². The van der Waals surface area contributed by atoms with Crippen LogP contribution in [0.1, 0.15) is 110 Å². The standard InChI is InChI=1S/C26H56NO6P/c1-5-6-7-8-9-10-11-12-13-14-15-16-17-18-19-20-22-31-24-26(30-4)25-33-34(28,29)32-23-21-27(2)3/h26H,5-25H2,1-4H3,(H,28,29)/t26-/m1/s1. The first-order valence-corrected chi connectivity index (χ1v) is 15.3. The summed E-state index contributed by atoms with van der Waals surface area (Å²) >= 11 is 0. The number of phosphoric ester groups is 1. The molecule has 0 saturated heterocycles. The molecule has 1 unspecified atom stereocenters. The molecule has 206 valence electrons. The second-order valence-corrected chi connectivity index (χ2v) is 11.1. The summed E-state index contributed by atoms with van der Waals surface area (Å²) in [4.78, 5) is 11.6. The van der Waals surface area contributed by atoms with E-state index in [4.69, 9.17) is 18.5 Å². The molecule has 0 radical (unpaired) electrons. The van der Waals surface area contributed by atoms with E-state index in [-0.39, 0.29) is 19.3 Å². The number of phosphoric acid groups is 1. The lowest BCUT2D eigenvalue weighted by Crippen LogP contribution is -2.24. The molecule has 34 heavy (non-hydrogen) atoms. The highest BCUT2D eigenvalue weighted by Crippen LogP contribution is 2.43. The summed E-state index contributed by atoms with van der Waals surface area (Å²) in [6.45, 7) is 3.93. The lowest BCUT2D eigenvalue weighted by Gasteiger charge is -2.18. The molecule has 8 heteroatoms. The zero-order valence-corrected chi connectivity index (χ0v) is 23.7. The third kappa shape index (κ3) is 25.1. The van der Waals surface area contributed by atoms with Crippen LogP contribution < -0.4 is 0 Å². The van der Waals surface area contributed by atoms with Gasteiger partial charge in [-0.2, -0.15) is 0 Å². The Morgan fingerprint density at radius 2 is 1.18 bits per heavy atom. The van der Waals surface area contributed by atoms with Gasteiger partial charge in [-0.25, -0.2) is 4.57 Å². The van der Waals surface area contributed by atoms with Crippen LogP contribution >= 0.6 is 7.82 Å². The highest BCUT2D eigenvalue weighted by Gasteiger charge is 2.23. The molecule has 0 bridgehead atoms. The molecular formula is C26H56NO6P. The van der Waals surface area contributed by atoms with Crippen molar-refractivity contribution in [1.82, 2.24) is 4.90 Å². The lowest BCUT2D eigenvalue weighted by molar-refractivity contribution is -0.0222. The largest absolute Gasteiger partial charge is 0.472 e. The molecule has 7 nitrogen and oxygen atoms in total. The van der Waals surface area contributed by atoms with Gasteiger partial charge in [0.05, 0.1) is 19.8 Å². The van der Waals surface area contributed by atoms with Crippen molar-refractivity contribution < 1.29 is 28.0 Å². The summed E-state index contributed by atoms with van der Waals surface area (Å²) in [5.74, 6) is 0. The van der Waals surface area contributed by atoms with Crippen molar-refractivity contribution in [3.63, 3.8) is 0 Å². The average molecular weight is 510 g/mol. The van der Waals surface area contributed by atoms with Gasteiger partial charge in [-0.15, -0.1) is 0 Å². The smallest absolute Gasteiger partial charge is 0.379 e. The second kappa shape index (κ2) is 24.7. The fourth-order valence-electron chi connectivity index (χ4n) is 3.70. The number of likely N-dealkylation sites (N-methyl/N-ethyl adjacent to an activating group) is 1. The highest BCUT2D eigenvalue weighted by atomic mass is 31.2. The van der Waals surface area contributed by atoms with Crippen molar-refractivity contribution >= 4 is 7.82 Å². The number of ether oxygens (including phenoxy) is 2. The molecule has 0 aliphatic heterocycles. The number of methoxy groups -OCH3 is 1. The van der Waals surface area contributed by atoms with Crippen LogP contribution in [0.25, 0.3) is 0 Å². The Balaban J connectivity index is 3.43. The zero-order valence-electron chi connectivity index (χ0n) is 22.8. The van der Waals surface area contributed by atoms with Crippen molar-refractivity contribution in [2.24, 2.45) is 0 Å². The average Bonchev–Trinajstić information content (AvgIpc) is 2.79. The molecule has 0 heterocycles. The molecule has 0 spiro atoms. The van der Waals surface area contributed by atoms with Gasteiger partial charge in [0.1, 0.15) is 6.10 Å². The summed E-state index contributed by atoms with van der Waals surface area (Å²) in [7, 11) is 1.22. The minimum atomic E-state index is -4.06. The molecule has 0 amide bonds. The zero-order chi connectivity index (χ0) is 25.3. The highest BCUT2D eigenvalue weighted by molar-refractivity contribution is 7.47. The van der Waals surface area contributed by atoms with E-state index in [9.17, 15) is 9.46 Å². The van der Waals surface area contributed by atoms with Gasteiger partial charge in [0.25, 0.3) is 0 Å². The van der Waals surface area contributed by atoms with Crippen LogP contribution in [0.2, 0.25) is 0 Å². The quantitative estimate of drug-likeness (QED) is 0.0946. The second-order valence-electron chi connectivity index (χ2n) is 9.64. The molecule has 0 aliphatic rings. The predicted octanol–water partition coefficient (Wildman–Crippen LogP) is 6.97. The van der Waals surface area contributed by atoms with Crippen molar-refractivity contribution in [3.8, 4) is 0 Å². The number of nitrogens with zero attached hydrogens (tertiary/aromatic N) is 1. The third-order valence-electron chi connectivity index (χ3n) is 6.00. The number of rotatable bonds is 27. The lowest BCUT2D eigenvalue weighted by atomic mass is 10.0. The van der Waals surface area contributed by atoms with E-state index in [1.807, 2.05) is 19.0 Å². The van der Waals surface area contributed by atoms with E-state index in [1.54, 1.807) is 7.11 Å². The van der Waals surface area contributed by atoms with Crippen LogP contribution in [0.4, 0.5) is 0 Å². The number of hydrogen-bond acceptors (Lipinski definition) is 6. The minimum Gasteiger partial charge on any atom is -0.379 e. The SMILES string of the molecule is CCCCCCCCCCCCCCCCCCOC[C@H](COP(=O)(O)OCCN(C)C)OC. The molecule has 1 N–H and O–H groups in total. The van der Waals surface area contributed by atoms with Gasteiger partial charge in [0.15, 0.2) is 0 Å². The number of hydrogen-bond donors (Lipinski definition) is 1. The molecule has 2 atom stereocenters. The normalized spacial score (nSPS) is 14.5. The van der Waals surface area contributed by atoms with Crippen LogP contribution in [0.3, 0.4) is 0 Å². The van der Waals surface area contributed by atoms with Crippen molar-refractivity contribution in [1.29, 1.82) is 0 Å². The molecule has 0 aromatic carbocycles. The fourth-order valence-corrected chi connectivity index (χ4v) is 4.45. The summed E-state index contributed by atoms with van der Waals surface area (Å²) in [6.07, 6.45) is 21.2. The minimum absolute atomic E-state index is 0.0365. The van der Waals surface area contributed by atoms with Crippen LogP contribution in [0.15, 0.2) is 0 Å². The molecule has 0 aliphatic carbocycles. The van der Waals surface area contributed by atoms with Gasteiger partial charge in [0.2, 0.25) is 0 Å². The van der Waals surface area contributed by atoms with E-state index in [1.165, 1.54) is 96.3 Å². The van der Waals surface area contributed by atoms with Crippen molar-refractivity contribution in [2.45, 2.75) is 116 Å². The van der Waals surface area contributed by atoms with Crippen LogP contribution in [0.5, 0.6) is 0 Å². The molecule has 0 rings (SSSR count). The topological polar surface area (TPSA) is 77.5 Å². The number of unbranched alkanes of at least 4 members (excludes halogenated alkanes) is 15. The van der Waals surface area contributed by atoms with E-state index in [0.29, 0.717) is 19.8 Å². The third-order valence-corrected chi connectivity index (χ3v) is 6.98. The molecule has 0 aromatic rings. The maximum Gasteiger partial charge on any atom is 0.472 e. The first-order chi connectivity index (χ1) is 16.4. The van der Waals surface area contributed by atoms with E-state index in [2.05, 4.69) is 6.92 Å². The fraction of sp³-hybridized carbons (Fsp3) is 1.00. The molecular weight excluding hydrogens is 453 g/mol. The molecule has 0 fully saturated rings. The van der Waals surface area contributed by atoms with Gasteiger partial charge in [-0.1, -0.05) is 103 Å². The summed E-state index contributed by atoms with van der Waals surface area (Å²) < 4.78 is 32.7. The Hall–Kier alpha value is -0.0100. The summed E-state index contributed by atoms with van der Waals surface area (Å²) in [6, 6.07) is 0. The monoisotopic (exact) mass is 509 g/mol. The Morgan fingerprint density at radius 1 is 0.706 bits per heavy atom. The van der Waals surface area contributed by atoms with Crippen LogP contribution in [-0.2, 0) is 23.1 Å². The Morgan fingerprint density at radius 3 is 1.62 bits per heavy atom. The first kappa shape index (κ1) is 34.0. The van der Waals surface area contributed by atoms with Crippen LogP contribution in [-0.4, -0.2) is 70.1 Å². The maximum atomic E-state index is 11.9. The van der Waals surface area contributed by atoms with Crippen molar-refractivity contribution in [2.75, 3.05) is 54.2 Å². The predicted molar refractivity (Wildman–Crippen MR) is 141 cm³/mol. The maximum absolute atomic E-state index is 11.9. The van der Waals surface area contributed by atoms with Gasteiger partial charge in [0, 0.05) is 20.3 Å².